The Morgan fingerprint density at radius 3 is 2.65 bits per heavy atom. The average molecular weight is 266 g/mol. The molecule has 0 bridgehead atoms. The molecule has 0 fully saturated rings. The summed E-state index contributed by atoms with van der Waals surface area (Å²) in [6.07, 6.45) is 0. The first kappa shape index (κ1) is 12.7. The monoisotopic (exact) mass is 266 g/mol. The molecule has 0 aliphatic carbocycles. The zero-order valence-electron chi connectivity index (χ0n) is 12.0. The number of hydrogen-bond acceptors (Lipinski definition) is 2. The van der Waals surface area contributed by atoms with Crippen LogP contribution in [0.4, 0.5) is 0 Å². The molecule has 0 unspecified atom stereocenters. The highest BCUT2D eigenvalue weighted by Gasteiger charge is 2.14. The van der Waals surface area contributed by atoms with Gasteiger partial charge in [0.25, 0.3) is 0 Å². The van der Waals surface area contributed by atoms with Crippen LogP contribution in [0.3, 0.4) is 0 Å². The minimum absolute atomic E-state index is 0.477. The van der Waals surface area contributed by atoms with Crippen LogP contribution in [0.15, 0.2) is 42.5 Å². The van der Waals surface area contributed by atoms with Crippen molar-refractivity contribution in [1.29, 1.82) is 0 Å². The van der Waals surface area contributed by atoms with Crippen molar-refractivity contribution in [2.24, 2.45) is 0 Å². The van der Waals surface area contributed by atoms with Crippen molar-refractivity contribution >= 4 is 10.9 Å². The predicted molar refractivity (Wildman–Crippen MR) is 82.2 cm³/mol. The standard InChI is InChI=1S/C17H18N2O/c1-11(2)12-8-9-16(20-3)14(10-12)17-13-6-4-5-7-15(13)18-19-17/h4-11H,1-3H3,(H,18,19). The van der Waals surface area contributed by atoms with Gasteiger partial charge in [0.15, 0.2) is 0 Å². The minimum Gasteiger partial charge on any atom is -0.496 e. The topological polar surface area (TPSA) is 37.9 Å². The summed E-state index contributed by atoms with van der Waals surface area (Å²) in [7, 11) is 1.70. The average Bonchev–Trinajstić information content (AvgIpc) is 2.90. The molecule has 20 heavy (non-hydrogen) atoms. The maximum Gasteiger partial charge on any atom is 0.128 e. The second-order valence-corrected chi connectivity index (χ2v) is 5.23. The number of methoxy groups -OCH3 is 1. The van der Waals surface area contributed by atoms with Crippen LogP contribution < -0.4 is 4.74 Å². The fourth-order valence-corrected chi connectivity index (χ4v) is 2.44. The van der Waals surface area contributed by atoms with Gasteiger partial charge < -0.3 is 4.74 Å². The first-order valence-electron chi connectivity index (χ1n) is 6.82. The SMILES string of the molecule is COc1ccc(C(C)C)cc1-c1n[nH]c2ccccc12. The molecule has 0 saturated carbocycles. The van der Waals surface area contributed by atoms with E-state index in [4.69, 9.17) is 4.74 Å². The number of rotatable bonds is 3. The summed E-state index contributed by atoms with van der Waals surface area (Å²) < 4.78 is 5.50. The summed E-state index contributed by atoms with van der Waals surface area (Å²) >= 11 is 0. The minimum atomic E-state index is 0.477. The van der Waals surface area contributed by atoms with Crippen LogP contribution in [0.25, 0.3) is 22.2 Å². The zero-order valence-corrected chi connectivity index (χ0v) is 12.0. The lowest BCUT2D eigenvalue weighted by atomic mass is 9.98. The van der Waals surface area contributed by atoms with E-state index < -0.39 is 0 Å². The van der Waals surface area contributed by atoms with Gasteiger partial charge in [-0.3, -0.25) is 5.10 Å². The van der Waals surface area contributed by atoms with Gasteiger partial charge in [-0.1, -0.05) is 38.1 Å². The molecule has 3 heteroatoms. The highest BCUT2D eigenvalue weighted by atomic mass is 16.5. The molecule has 3 aromatic rings. The Morgan fingerprint density at radius 2 is 1.90 bits per heavy atom. The van der Waals surface area contributed by atoms with Crippen LogP contribution in [-0.4, -0.2) is 17.3 Å². The van der Waals surface area contributed by atoms with Gasteiger partial charge in [-0.25, -0.2) is 0 Å². The normalized spacial score (nSPS) is 11.2. The Kier molecular flexibility index (Phi) is 3.18. The molecule has 2 aromatic carbocycles. The van der Waals surface area contributed by atoms with Gasteiger partial charge in [0.1, 0.15) is 11.4 Å². The molecule has 1 aromatic heterocycles. The van der Waals surface area contributed by atoms with E-state index in [1.54, 1.807) is 7.11 Å². The number of nitrogens with one attached hydrogen (secondary N) is 1. The van der Waals surface area contributed by atoms with Crippen molar-refractivity contribution in [3.05, 3.63) is 48.0 Å². The van der Waals surface area contributed by atoms with E-state index >= 15 is 0 Å². The number of benzene rings is 2. The molecule has 0 spiro atoms. The van der Waals surface area contributed by atoms with Gasteiger partial charge in [-0.15, -0.1) is 0 Å². The highest BCUT2D eigenvalue weighted by Crippen LogP contribution is 2.35. The molecule has 3 nitrogen and oxygen atoms in total. The number of hydrogen-bond donors (Lipinski definition) is 1. The van der Waals surface area contributed by atoms with Gasteiger partial charge in [0.2, 0.25) is 0 Å². The number of H-pyrrole nitrogens is 1. The van der Waals surface area contributed by atoms with Crippen molar-refractivity contribution in [3.8, 4) is 17.0 Å². The Balaban J connectivity index is 2.24. The van der Waals surface area contributed by atoms with E-state index in [-0.39, 0.29) is 0 Å². The van der Waals surface area contributed by atoms with Gasteiger partial charge in [-0.05, 0) is 29.7 Å². The van der Waals surface area contributed by atoms with Gasteiger partial charge >= 0.3 is 0 Å². The first-order valence-corrected chi connectivity index (χ1v) is 6.82. The lowest BCUT2D eigenvalue weighted by Gasteiger charge is -2.11. The summed E-state index contributed by atoms with van der Waals surface area (Å²) in [5, 5.41) is 8.67. The zero-order chi connectivity index (χ0) is 14.1. The third-order valence-electron chi connectivity index (χ3n) is 3.62. The molecule has 0 atom stereocenters. The van der Waals surface area contributed by atoms with Crippen LogP contribution in [0.1, 0.15) is 25.3 Å². The van der Waals surface area contributed by atoms with E-state index in [1.807, 2.05) is 24.3 Å². The maximum atomic E-state index is 5.50. The Morgan fingerprint density at radius 1 is 1.10 bits per heavy atom. The molecular formula is C17H18N2O. The number of nitrogens with zero attached hydrogens (tertiary/aromatic N) is 1. The number of para-hydroxylation sites is 1. The van der Waals surface area contributed by atoms with Crippen molar-refractivity contribution in [1.82, 2.24) is 10.2 Å². The van der Waals surface area contributed by atoms with E-state index in [0.717, 1.165) is 27.9 Å². The summed E-state index contributed by atoms with van der Waals surface area (Å²) in [5.41, 5.74) is 4.31. The van der Waals surface area contributed by atoms with Crippen LogP contribution in [0.5, 0.6) is 5.75 Å². The lowest BCUT2D eigenvalue weighted by molar-refractivity contribution is 0.416. The largest absolute Gasteiger partial charge is 0.496 e. The second kappa shape index (κ2) is 5.00. The Hall–Kier alpha value is -2.29. The van der Waals surface area contributed by atoms with Gasteiger partial charge in [0, 0.05) is 10.9 Å². The van der Waals surface area contributed by atoms with Crippen LogP contribution >= 0.6 is 0 Å². The fraction of sp³-hybridized carbons (Fsp3) is 0.235. The van der Waals surface area contributed by atoms with E-state index in [0.29, 0.717) is 5.92 Å². The van der Waals surface area contributed by atoms with Gasteiger partial charge in [-0.2, -0.15) is 5.10 Å². The number of aromatic nitrogens is 2. The van der Waals surface area contributed by atoms with Crippen molar-refractivity contribution < 1.29 is 4.74 Å². The van der Waals surface area contributed by atoms with Crippen molar-refractivity contribution in [3.63, 3.8) is 0 Å². The molecule has 0 aliphatic heterocycles. The molecule has 102 valence electrons. The summed E-state index contributed by atoms with van der Waals surface area (Å²) in [5.74, 6) is 1.33. The van der Waals surface area contributed by atoms with Gasteiger partial charge in [0.05, 0.1) is 12.6 Å². The van der Waals surface area contributed by atoms with Crippen LogP contribution in [0.2, 0.25) is 0 Å². The van der Waals surface area contributed by atoms with E-state index in [1.165, 1.54) is 5.56 Å². The molecule has 1 heterocycles. The third kappa shape index (κ3) is 2.05. The number of fused-ring (bicyclic) bond motifs is 1. The Bertz CT molecular complexity index is 744. The van der Waals surface area contributed by atoms with Crippen LogP contribution in [-0.2, 0) is 0 Å². The molecule has 3 rings (SSSR count). The lowest BCUT2D eigenvalue weighted by Crippen LogP contribution is -1.93. The highest BCUT2D eigenvalue weighted by molar-refractivity contribution is 5.94. The molecule has 1 N–H and O–H groups in total. The second-order valence-electron chi connectivity index (χ2n) is 5.23. The molecule has 0 saturated heterocycles. The third-order valence-corrected chi connectivity index (χ3v) is 3.62. The maximum absolute atomic E-state index is 5.50. The van der Waals surface area contributed by atoms with Crippen molar-refractivity contribution in [2.75, 3.05) is 7.11 Å². The first-order chi connectivity index (χ1) is 9.70. The number of aromatic amines is 1. The fourth-order valence-electron chi connectivity index (χ4n) is 2.44. The smallest absolute Gasteiger partial charge is 0.128 e. The van der Waals surface area contributed by atoms with E-state index in [9.17, 15) is 0 Å². The van der Waals surface area contributed by atoms with E-state index in [2.05, 4.69) is 42.2 Å². The predicted octanol–water partition coefficient (Wildman–Crippen LogP) is 4.36. The molecule has 0 aliphatic rings. The molecule has 0 radical (unpaired) electrons. The molecular weight excluding hydrogens is 248 g/mol. The van der Waals surface area contributed by atoms with Crippen molar-refractivity contribution in [2.45, 2.75) is 19.8 Å². The Labute approximate surface area is 118 Å². The summed E-state index contributed by atoms with van der Waals surface area (Å²) in [4.78, 5) is 0. The molecule has 0 amide bonds. The number of ether oxygens (including phenoxy) is 1. The quantitative estimate of drug-likeness (QED) is 0.764. The summed E-state index contributed by atoms with van der Waals surface area (Å²) in [6.45, 7) is 4.38. The summed E-state index contributed by atoms with van der Waals surface area (Å²) in [6, 6.07) is 14.5. The van der Waals surface area contributed by atoms with Crippen LogP contribution in [0, 0.1) is 0 Å².